The van der Waals surface area contributed by atoms with Crippen molar-refractivity contribution in [1.29, 1.82) is 0 Å². The highest BCUT2D eigenvalue weighted by atomic mass is 32.1. The average molecular weight is 361 g/mol. The molecule has 1 N–H and O–H groups in total. The smallest absolute Gasteiger partial charge is 0.401 e. The van der Waals surface area contributed by atoms with Crippen molar-refractivity contribution in [3.05, 3.63) is 35.9 Å². The summed E-state index contributed by atoms with van der Waals surface area (Å²) in [4.78, 5) is 24.5. The molecule has 0 spiro atoms. The molecule has 0 aromatic heterocycles. The van der Waals surface area contributed by atoms with Crippen LogP contribution in [0.4, 0.5) is 13.2 Å². The Morgan fingerprint density at radius 2 is 1.92 bits per heavy atom. The number of carboxylic acid groups (broad SMARTS) is 1. The van der Waals surface area contributed by atoms with Gasteiger partial charge < -0.3 is 10.0 Å². The lowest BCUT2D eigenvalue weighted by Gasteiger charge is -2.27. The number of thiol groups is 1. The van der Waals surface area contributed by atoms with Gasteiger partial charge in [0.2, 0.25) is 5.91 Å². The van der Waals surface area contributed by atoms with Gasteiger partial charge in [0.15, 0.2) is 0 Å². The maximum atomic E-state index is 13.0. The minimum absolute atomic E-state index is 0.00501. The third-order valence-corrected chi connectivity index (χ3v) is 4.56. The Morgan fingerprint density at radius 3 is 2.42 bits per heavy atom. The lowest BCUT2D eigenvalue weighted by Crippen LogP contribution is -2.48. The Morgan fingerprint density at radius 1 is 1.29 bits per heavy atom. The van der Waals surface area contributed by atoms with Crippen molar-refractivity contribution >= 4 is 24.5 Å². The van der Waals surface area contributed by atoms with Crippen LogP contribution in [0.25, 0.3) is 0 Å². The van der Waals surface area contributed by atoms with Crippen LogP contribution in [0.15, 0.2) is 30.3 Å². The summed E-state index contributed by atoms with van der Waals surface area (Å²) in [7, 11) is 0. The highest BCUT2D eigenvalue weighted by Gasteiger charge is 2.49. The van der Waals surface area contributed by atoms with E-state index in [0.717, 1.165) is 10.5 Å². The van der Waals surface area contributed by atoms with Crippen molar-refractivity contribution in [1.82, 2.24) is 4.90 Å². The zero-order chi connectivity index (χ0) is 17.9. The molecule has 24 heavy (non-hydrogen) atoms. The SMILES string of the molecule is O=C(O)[C@@H]1CC(Cc2ccccc2)CN1C(=O)C(CS)C(F)(F)F. The fraction of sp³-hybridized carbons (Fsp3) is 0.500. The molecule has 4 nitrogen and oxygen atoms in total. The lowest BCUT2D eigenvalue weighted by atomic mass is 9.97. The molecule has 2 unspecified atom stereocenters. The van der Waals surface area contributed by atoms with Gasteiger partial charge >= 0.3 is 12.1 Å². The number of likely N-dealkylation sites (tertiary alicyclic amines) is 1. The molecular formula is C16H18F3NO3S. The molecule has 8 heteroatoms. The second-order valence-corrected chi connectivity index (χ2v) is 6.28. The quantitative estimate of drug-likeness (QED) is 0.793. The number of hydrogen-bond acceptors (Lipinski definition) is 3. The van der Waals surface area contributed by atoms with Crippen molar-refractivity contribution in [3.8, 4) is 0 Å². The molecule has 2 rings (SSSR count). The monoisotopic (exact) mass is 361 g/mol. The van der Waals surface area contributed by atoms with Crippen LogP contribution in [0.3, 0.4) is 0 Å². The number of carboxylic acids is 1. The number of carbonyl (C=O) groups excluding carboxylic acids is 1. The highest BCUT2D eigenvalue weighted by Crippen LogP contribution is 2.33. The standard InChI is InChI=1S/C16H18F3NO3S/c17-16(18,19)12(9-24)14(21)20-8-11(7-13(20)15(22)23)6-10-4-2-1-3-5-10/h1-5,11-13,24H,6-9H2,(H,22,23)/t11?,12?,13-/m0/s1. The minimum atomic E-state index is -4.74. The van der Waals surface area contributed by atoms with Crippen LogP contribution in [0.1, 0.15) is 12.0 Å². The predicted molar refractivity (Wildman–Crippen MR) is 84.8 cm³/mol. The number of nitrogens with zero attached hydrogens (tertiary/aromatic N) is 1. The van der Waals surface area contributed by atoms with E-state index < -0.39 is 35.8 Å². The molecule has 1 amide bonds. The average Bonchev–Trinajstić information content (AvgIpc) is 2.91. The summed E-state index contributed by atoms with van der Waals surface area (Å²) >= 11 is 3.61. The fourth-order valence-corrected chi connectivity index (χ4v) is 3.38. The number of aliphatic carboxylic acids is 1. The molecule has 1 aliphatic heterocycles. The third kappa shape index (κ3) is 4.23. The highest BCUT2D eigenvalue weighted by molar-refractivity contribution is 7.80. The van der Waals surface area contributed by atoms with Gasteiger partial charge in [-0.3, -0.25) is 4.79 Å². The molecular weight excluding hydrogens is 343 g/mol. The Balaban J connectivity index is 2.15. The van der Waals surface area contributed by atoms with Crippen molar-refractivity contribution in [2.24, 2.45) is 11.8 Å². The molecule has 1 aromatic rings. The first-order valence-corrected chi connectivity index (χ1v) is 8.12. The van der Waals surface area contributed by atoms with E-state index in [1.807, 2.05) is 30.3 Å². The zero-order valence-corrected chi connectivity index (χ0v) is 13.6. The third-order valence-electron chi connectivity index (χ3n) is 4.20. The van der Waals surface area contributed by atoms with Crippen LogP contribution < -0.4 is 0 Å². The van der Waals surface area contributed by atoms with Crippen molar-refractivity contribution in [2.45, 2.75) is 25.1 Å². The van der Waals surface area contributed by atoms with E-state index in [1.54, 1.807) is 0 Å². The molecule has 1 saturated heterocycles. The molecule has 1 fully saturated rings. The van der Waals surface area contributed by atoms with Crippen LogP contribution >= 0.6 is 12.6 Å². The largest absolute Gasteiger partial charge is 0.480 e. The van der Waals surface area contributed by atoms with Gasteiger partial charge in [0.25, 0.3) is 0 Å². The number of benzene rings is 1. The first kappa shape index (κ1) is 18.6. The van der Waals surface area contributed by atoms with E-state index in [2.05, 4.69) is 12.6 Å². The van der Waals surface area contributed by atoms with Crippen molar-refractivity contribution in [2.75, 3.05) is 12.3 Å². The van der Waals surface area contributed by atoms with Gasteiger partial charge in [-0.1, -0.05) is 30.3 Å². The van der Waals surface area contributed by atoms with E-state index in [4.69, 9.17) is 0 Å². The molecule has 0 aliphatic carbocycles. The molecule has 1 aromatic carbocycles. The molecule has 0 bridgehead atoms. The van der Waals surface area contributed by atoms with Crippen molar-refractivity contribution < 1.29 is 27.9 Å². The van der Waals surface area contributed by atoms with Crippen LogP contribution in [0.2, 0.25) is 0 Å². The fourth-order valence-electron chi connectivity index (χ4n) is 3.02. The van der Waals surface area contributed by atoms with Gasteiger partial charge in [-0.15, -0.1) is 0 Å². The topological polar surface area (TPSA) is 57.6 Å². The summed E-state index contributed by atoms with van der Waals surface area (Å²) in [5.74, 6) is -5.65. The number of hydrogen-bond donors (Lipinski definition) is 2. The molecule has 0 radical (unpaired) electrons. The van der Waals surface area contributed by atoms with E-state index in [0.29, 0.717) is 6.42 Å². The van der Waals surface area contributed by atoms with Gasteiger partial charge in [-0.25, -0.2) is 4.79 Å². The Kier molecular flexibility index (Phi) is 5.79. The van der Waals surface area contributed by atoms with Crippen LogP contribution in [0.5, 0.6) is 0 Å². The number of alkyl halides is 3. The number of halogens is 3. The number of carbonyl (C=O) groups is 2. The molecule has 1 heterocycles. The molecule has 1 aliphatic rings. The second-order valence-electron chi connectivity index (χ2n) is 5.91. The summed E-state index contributed by atoms with van der Waals surface area (Å²) in [5.41, 5.74) is 0.961. The van der Waals surface area contributed by atoms with E-state index in [9.17, 15) is 27.9 Å². The maximum absolute atomic E-state index is 13.0. The van der Waals surface area contributed by atoms with Crippen LogP contribution in [-0.4, -0.2) is 46.4 Å². The Labute approximate surface area is 143 Å². The summed E-state index contributed by atoms with van der Waals surface area (Å²) in [5, 5.41) is 9.28. The van der Waals surface area contributed by atoms with Gasteiger partial charge in [0, 0.05) is 12.3 Å². The molecule has 3 atom stereocenters. The summed E-state index contributed by atoms with van der Waals surface area (Å²) in [6.45, 7) is 0.00501. The first-order valence-electron chi connectivity index (χ1n) is 7.48. The van der Waals surface area contributed by atoms with E-state index >= 15 is 0 Å². The van der Waals surface area contributed by atoms with Crippen molar-refractivity contribution in [3.63, 3.8) is 0 Å². The van der Waals surface area contributed by atoms with Gasteiger partial charge in [0.1, 0.15) is 12.0 Å². The van der Waals surface area contributed by atoms with Gasteiger partial charge in [-0.05, 0) is 24.3 Å². The van der Waals surface area contributed by atoms with E-state index in [1.165, 1.54) is 0 Å². The van der Waals surface area contributed by atoms with Crippen LogP contribution in [-0.2, 0) is 16.0 Å². The first-order chi connectivity index (χ1) is 11.2. The Hall–Kier alpha value is -1.70. The minimum Gasteiger partial charge on any atom is -0.480 e. The zero-order valence-electron chi connectivity index (χ0n) is 12.7. The number of rotatable bonds is 5. The van der Waals surface area contributed by atoms with Crippen LogP contribution in [0, 0.1) is 11.8 Å². The lowest BCUT2D eigenvalue weighted by molar-refractivity contribution is -0.186. The second kappa shape index (κ2) is 7.46. The van der Waals surface area contributed by atoms with Gasteiger partial charge in [0.05, 0.1) is 0 Å². The van der Waals surface area contributed by atoms with E-state index in [-0.39, 0.29) is 18.9 Å². The summed E-state index contributed by atoms with van der Waals surface area (Å²) < 4.78 is 38.9. The summed E-state index contributed by atoms with van der Waals surface area (Å²) in [6, 6.07) is 8.02. The summed E-state index contributed by atoms with van der Waals surface area (Å²) in [6.07, 6.45) is -4.07. The predicted octanol–water partition coefficient (Wildman–Crippen LogP) is 2.64. The normalized spacial score (nSPS) is 22.4. The maximum Gasteiger partial charge on any atom is 0.401 e. The molecule has 0 saturated carbocycles. The number of amides is 1. The van der Waals surface area contributed by atoms with Gasteiger partial charge in [-0.2, -0.15) is 25.8 Å². The molecule has 132 valence electrons. The Bertz CT molecular complexity index is 594.